The van der Waals surface area contributed by atoms with Crippen molar-refractivity contribution in [3.05, 3.63) is 82.4 Å². The second-order valence-corrected chi connectivity index (χ2v) is 12.6. The summed E-state index contributed by atoms with van der Waals surface area (Å²) in [7, 11) is 1.53. The molecule has 0 aromatic heterocycles. The minimum absolute atomic E-state index is 0.00398. The molecule has 2 fully saturated rings. The highest BCUT2D eigenvalue weighted by Crippen LogP contribution is 2.66. The average molecular weight is 547 g/mol. The number of carbonyl (C=O) groups is 1. The molecule has 6 heteroatoms. The molecule has 1 N–H and O–H groups in total. The molecule has 210 valence electrons. The molecule has 0 aliphatic heterocycles. The lowest BCUT2D eigenvalue weighted by atomic mass is 9.75. The van der Waals surface area contributed by atoms with Crippen molar-refractivity contribution in [3.8, 4) is 22.6 Å². The number of methoxy groups -OCH3 is 1. The number of aliphatic carboxylic acids is 1. The van der Waals surface area contributed by atoms with Gasteiger partial charge in [0.1, 0.15) is 29.7 Å². The van der Waals surface area contributed by atoms with Crippen LogP contribution in [0.15, 0.2) is 48.5 Å². The number of ether oxygens (including phenoxy) is 2. The SMILES string of the molecule is COc1ccc(F)c(-c2cc(F)c(COc3ccc4c(c3)C3(CC4)C(C)C3C(=O)O)cc2C2CCCC2(C)C)c1. The van der Waals surface area contributed by atoms with Crippen LogP contribution in [0.4, 0.5) is 8.78 Å². The van der Waals surface area contributed by atoms with Gasteiger partial charge in [0.2, 0.25) is 0 Å². The van der Waals surface area contributed by atoms with Crippen molar-refractivity contribution in [3.63, 3.8) is 0 Å². The molecular formula is C34H36F2O4. The fraction of sp³-hybridized carbons (Fsp3) is 0.441. The Bertz CT molecular complexity index is 1500. The molecule has 0 amide bonds. The molecule has 3 aliphatic carbocycles. The van der Waals surface area contributed by atoms with Crippen LogP contribution in [0.1, 0.15) is 74.6 Å². The second-order valence-electron chi connectivity index (χ2n) is 12.6. The van der Waals surface area contributed by atoms with Crippen molar-refractivity contribution >= 4 is 5.97 Å². The van der Waals surface area contributed by atoms with Gasteiger partial charge in [0, 0.05) is 16.5 Å². The van der Waals surface area contributed by atoms with Gasteiger partial charge in [0.05, 0.1) is 13.0 Å². The highest BCUT2D eigenvalue weighted by molar-refractivity contribution is 5.79. The van der Waals surface area contributed by atoms with Gasteiger partial charge >= 0.3 is 5.97 Å². The summed E-state index contributed by atoms with van der Waals surface area (Å²) in [4.78, 5) is 11.8. The maximum Gasteiger partial charge on any atom is 0.307 e. The first kappa shape index (κ1) is 26.8. The topological polar surface area (TPSA) is 55.8 Å². The number of rotatable bonds is 7. The Kier molecular flexibility index (Phi) is 6.43. The Hall–Kier alpha value is -3.41. The van der Waals surface area contributed by atoms with E-state index in [0.717, 1.165) is 43.2 Å². The van der Waals surface area contributed by atoms with E-state index in [9.17, 15) is 9.90 Å². The van der Waals surface area contributed by atoms with Crippen molar-refractivity contribution in [2.24, 2.45) is 17.3 Å². The maximum absolute atomic E-state index is 15.7. The summed E-state index contributed by atoms with van der Waals surface area (Å²) in [5, 5.41) is 9.73. The molecule has 0 saturated heterocycles. The molecule has 0 heterocycles. The number of benzene rings is 3. The summed E-state index contributed by atoms with van der Waals surface area (Å²) >= 11 is 0. The van der Waals surface area contributed by atoms with Crippen molar-refractivity contribution in [2.45, 2.75) is 70.8 Å². The first-order valence-corrected chi connectivity index (χ1v) is 14.2. The van der Waals surface area contributed by atoms with Gasteiger partial charge in [-0.2, -0.15) is 0 Å². The van der Waals surface area contributed by atoms with Gasteiger partial charge in [0.25, 0.3) is 0 Å². The van der Waals surface area contributed by atoms with E-state index < -0.39 is 17.6 Å². The lowest BCUT2D eigenvalue weighted by molar-refractivity contribution is -0.139. The van der Waals surface area contributed by atoms with Crippen molar-refractivity contribution in [2.75, 3.05) is 7.11 Å². The molecule has 0 radical (unpaired) electrons. The van der Waals surface area contributed by atoms with Gasteiger partial charge < -0.3 is 14.6 Å². The number of fused-ring (bicyclic) bond motifs is 2. The summed E-state index contributed by atoms with van der Waals surface area (Å²) in [5.74, 6) is -0.624. The summed E-state index contributed by atoms with van der Waals surface area (Å²) in [5.41, 5.74) is 4.14. The number of carboxylic acid groups (broad SMARTS) is 1. The van der Waals surface area contributed by atoms with Crippen LogP contribution in [-0.4, -0.2) is 18.2 Å². The van der Waals surface area contributed by atoms with Crippen LogP contribution in [0, 0.1) is 28.9 Å². The summed E-state index contributed by atoms with van der Waals surface area (Å²) < 4.78 is 42.2. The van der Waals surface area contributed by atoms with Gasteiger partial charge in [-0.25, -0.2) is 8.78 Å². The number of carboxylic acids is 1. The van der Waals surface area contributed by atoms with E-state index in [1.165, 1.54) is 24.8 Å². The Morgan fingerprint density at radius 3 is 2.45 bits per heavy atom. The van der Waals surface area contributed by atoms with Crippen LogP contribution in [0.3, 0.4) is 0 Å². The minimum Gasteiger partial charge on any atom is -0.497 e. The van der Waals surface area contributed by atoms with Crippen LogP contribution >= 0.6 is 0 Å². The third-order valence-electron chi connectivity index (χ3n) is 10.1. The number of halogens is 2. The largest absolute Gasteiger partial charge is 0.497 e. The van der Waals surface area contributed by atoms with Gasteiger partial charge in [-0.1, -0.05) is 33.3 Å². The molecule has 1 spiro atoms. The molecule has 2 saturated carbocycles. The predicted octanol–water partition coefficient (Wildman–Crippen LogP) is 8.05. The molecule has 4 nitrogen and oxygen atoms in total. The summed E-state index contributed by atoms with van der Waals surface area (Å²) in [6, 6.07) is 13.7. The van der Waals surface area contributed by atoms with E-state index in [4.69, 9.17) is 9.47 Å². The Morgan fingerprint density at radius 2 is 1.77 bits per heavy atom. The quantitative estimate of drug-likeness (QED) is 0.326. The molecule has 3 aromatic rings. The molecular weight excluding hydrogens is 510 g/mol. The lowest BCUT2D eigenvalue weighted by Crippen LogP contribution is -2.17. The number of hydrogen-bond acceptors (Lipinski definition) is 3. The van der Waals surface area contributed by atoms with Gasteiger partial charge in [-0.15, -0.1) is 0 Å². The van der Waals surface area contributed by atoms with Crippen molar-refractivity contribution < 1.29 is 28.2 Å². The average Bonchev–Trinajstić information content (AvgIpc) is 3.15. The van der Waals surface area contributed by atoms with E-state index in [0.29, 0.717) is 28.2 Å². The molecule has 4 atom stereocenters. The minimum atomic E-state index is -0.747. The summed E-state index contributed by atoms with van der Waals surface area (Å²) in [6.07, 6.45) is 4.76. The fourth-order valence-corrected chi connectivity index (χ4v) is 7.80. The zero-order chi connectivity index (χ0) is 28.4. The molecule has 4 unspecified atom stereocenters. The van der Waals surface area contributed by atoms with Crippen LogP contribution in [0.5, 0.6) is 11.5 Å². The highest BCUT2D eigenvalue weighted by Gasteiger charge is 2.68. The third-order valence-corrected chi connectivity index (χ3v) is 10.1. The van der Waals surface area contributed by atoms with E-state index in [-0.39, 0.29) is 35.2 Å². The first-order chi connectivity index (χ1) is 19.1. The Morgan fingerprint density at radius 1 is 1.00 bits per heavy atom. The highest BCUT2D eigenvalue weighted by atomic mass is 19.1. The van der Waals surface area contributed by atoms with E-state index >= 15 is 8.78 Å². The van der Waals surface area contributed by atoms with Crippen LogP contribution in [-0.2, 0) is 23.2 Å². The molecule has 3 aliphatic rings. The Labute approximate surface area is 234 Å². The Balaban J connectivity index is 1.34. The standard InChI is InChI=1S/C34H36F2O4/c1-19-31(32(37)38)34(19)13-11-20-7-8-23(16-28(20)34)40-18-21-14-25(27-6-5-12-33(27,2)3)24(17-30(21)36)26-15-22(39-4)9-10-29(26)35/h7-10,14-17,19,27,31H,5-6,11-13,18H2,1-4H3,(H,37,38). The monoisotopic (exact) mass is 546 g/mol. The number of aryl methyl sites for hydroxylation is 1. The smallest absolute Gasteiger partial charge is 0.307 e. The van der Waals surface area contributed by atoms with Crippen LogP contribution in [0.25, 0.3) is 11.1 Å². The maximum atomic E-state index is 15.7. The van der Waals surface area contributed by atoms with Crippen LogP contribution < -0.4 is 9.47 Å². The molecule has 0 bridgehead atoms. The number of hydrogen-bond donors (Lipinski definition) is 1. The second kappa shape index (κ2) is 9.60. The molecule has 6 rings (SSSR count). The first-order valence-electron chi connectivity index (χ1n) is 14.2. The third kappa shape index (κ3) is 4.18. The summed E-state index contributed by atoms with van der Waals surface area (Å²) in [6.45, 7) is 6.48. The van der Waals surface area contributed by atoms with Crippen molar-refractivity contribution in [1.29, 1.82) is 0 Å². The predicted molar refractivity (Wildman–Crippen MR) is 150 cm³/mol. The zero-order valence-electron chi connectivity index (χ0n) is 23.5. The van der Waals surface area contributed by atoms with Crippen molar-refractivity contribution in [1.82, 2.24) is 0 Å². The molecule has 40 heavy (non-hydrogen) atoms. The van der Waals surface area contributed by atoms with Gasteiger partial charge in [-0.3, -0.25) is 4.79 Å². The zero-order valence-corrected chi connectivity index (χ0v) is 23.5. The van der Waals surface area contributed by atoms with Crippen LogP contribution in [0.2, 0.25) is 0 Å². The fourth-order valence-electron chi connectivity index (χ4n) is 7.80. The van der Waals surface area contributed by atoms with Gasteiger partial charge in [0.15, 0.2) is 0 Å². The van der Waals surface area contributed by atoms with E-state index in [1.54, 1.807) is 12.1 Å². The lowest BCUT2D eigenvalue weighted by Gasteiger charge is -2.30. The van der Waals surface area contributed by atoms with E-state index in [2.05, 4.69) is 13.8 Å². The van der Waals surface area contributed by atoms with E-state index in [1.807, 2.05) is 31.2 Å². The van der Waals surface area contributed by atoms with Gasteiger partial charge in [-0.05, 0) is 108 Å². The molecule has 3 aromatic carbocycles. The normalized spacial score (nSPS) is 26.1.